The number of carbonyl (C=O) groups is 1. The van der Waals surface area contributed by atoms with Crippen LogP contribution >= 0.6 is 0 Å². The van der Waals surface area contributed by atoms with Gasteiger partial charge in [-0.3, -0.25) is 9.79 Å². The Kier molecular flexibility index (Phi) is 5.14. The quantitative estimate of drug-likeness (QED) is 0.741. The lowest BCUT2D eigenvalue weighted by molar-refractivity contribution is 0.0949. The Morgan fingerprint density at radius 1 is 1.14 bits per heavy atom. The van der Waals surface area contributed by atoms with Crippen molar-refractivity contribution in [2.75, 3.05) is 6.54 Å². The molecule has 0 bridgehead atoms. The van der Waals surface area contributed by atoms with Crippen LogP contribution in [0, 0.1) is 0 Å². The molecule has 0 aliphatic heterocycles. The Hall–Kier alpha value is -2.82. The van der Waals surface area contributed by atoms with E-state index in [-0.39, 0.29) is 29.0 Å². The van der Waals surface area contributed by atoms with Crippen LogP contribution in [0.25, 0.3) is 0 Å². The van der Waals surface area contributed by atoms with Gasteiger partial charge in [0.05, 0.1) is 11.6 Å². The summed E-state index contributed by atoms with van der Waals surface area (Å²) in [6.45, 7) is 2.18. The van der Waals surface area contributed by atoms with E-state index in [1.165, 1.54) is 6.07 Å². The van der Waals surface area contributed by atoms with Gasteiger partial charge >= 0.3 is 0 Å². The molecule has 0 aliphatic rings. The Bertz CT molecular complexity index is 683. The molecule has 0 aliphatic carbocycles. The minimum atomic E-state index is -0.345. The van der Waals surface area contributed by atoms with E-state index in [2.05, 4.69) is 10.3 Å². The van der Waals surface area contributed by atoms with Crippen LogP contribution in [0.2, 0.25) is 0 Å². The van der Waals surface area contributed by atoms with Crippen molar-refractivity contribution in [3.8, 4) is 11.5 Å². The summed E-state index contributed by atoms with van der Waals surface area (Å²) in [4.78, 5) is 16.2. The van der Waals surface area contributed by atoms with E-state index in [9.17, 15) is 15.0 Å². The summed E-state index contributed by atoms with van der Waals surface area (Å²) >= 11 is 0. The van der Waals surface area contributed by atoms with E-state index in [1.54, 1.807) is 42.6 Å². The zero-order valence-corrected chi connectivity index (χ0v) is 12.2. The Balaban J connectivity index is 1.90. The summed E-state index contributed by atoms with van der Waals surface area (Å²) in [5, 5.41) is 22.0. The van der Waals surface area contributed by atoms with Crippen molar-refractivity contribution in [3.63, 3.8) is 0 Å². The number of phenolic OH excluding ortho intramolecular Hbond substituents is 2. The maximum Gasteiger partial charge on any atom is 0.255 e. The fraction of sp³-hybridized carbons (Fsp3) is 0.176. The SMILES string of the molecule is CC(CNC(=O)c1ccccc1O)N=Cc1ccccc1O. The third-order valence-electron chi connectivity index (χ3n) is 3.11. The van der Waals surface area contributed by atoms with Crippen molar-refractivity contribution in [2.45, 2.75) is 13.0 Å². The van der Waals surface area contributed by atoms with E-state index < -0.39 is 0 Å². The lowest BCUT2D eigenvalue weighted by Crippen LogP contribution is -2.30. The number of rotatable bonds is 5. The summed E-state index contributed by atoms with van der Waals surface area (Å²) in [6.07, 6.45) is 1.58. The molecule has 0 fully saturated rings. The number of hydrogen-bond acceptors (Lipinski definition) is 4. The minimum absolute atomic E-state index is 0.0506. The summed E-state index contributed by atoms with van der Waals surface area (Å²) < 4.78 is 0. The molecule has 0 saturated carbocycles. The molecule has 1 unspecified atom stereocenters. The van der Waals surface area contributed by atoms with Crippen molar-refractivity contribution >= 4 is 12.1 Å². The van der Waals surface area contributed by atoms with E-state index in [1.807, 2.05) is 13.0 Å². The van der Waals surface area contributed by atoms with Crippen molar-refractivity contribution in [1.29, 1.82) is 0 Å². The Morgan fingerprint density at radius 2 is 1.77 bits per heavy atom. The second kappa shape index (κ2) is 7.26. The van der Waals surface area contributed by atoms with Crippen molar-refractivity contribution in [3.05, 3.63) is 59.7 Å². The van der Waals surface area contributed by atoms with Crippen molar-refractivity contribution < 1.29 is 15.0 Å². The number of nitrogens with zero attached hydrogens (tertiary/aromatic N) is 1. The molecular formula is C17H18N2O3. The van der Waals surface area contributed by atoms with Gasteiger partial charge in [-0.2, -0.15) is 0 Å². The largest absolute Gasteiger partial charge is 0.507 e. The zero-order chi connectivity index (χ0) is 15.9. The molecule has 1 atom stereocenters. The predicted molar refractivity (Wildman–Crippen MR) is 85.6 cm³/mol. The third kappa shape index (κ3) is 4.09. The number of benzene rings is 2. The number of aromatic hydroxyl groups is 2. The highest BCUT2D eigenvalue weighted by atomic mass is 16.3. The first-order chi connectivity index (χ1) is 10.6. The van der Waals surface area contributed by atoms with E-state index >= 15 is 0 Å². The smallest absolute Gasteiger partial charge is 0.255 e. The first kappa shape index (κ1) is 15.6. The van der Waals surface area contributed by atoms with E-state index in [0.29, 0.717) is 12.1 Å². The lowest BCUT2D eigenvalue weighted by atomic mass is 10.2. The maximum atomic E-state index is 11.9. The van der Waals surface area contributed by atoms with Gasteiger partial charge in [0.15, 0.2) is 0 Å². The number of hydrogen-bond donors (Lipinski definition) is 3. The average molecular weight is 298 g/mol. The van der Waals surface area contributed by atoms with E-state index in [4.69, 9.17) is 0 Å². The van der Waals surface area contributed by atoms with Crippen LogP contribution in [0.1, 0.15) is 22.8 Å². The molecule has 2 aromatic carbocycles. The van der Waals surface area contributed by atoms with Gasteiger partial charge in [0.2, 0.25) is 0 Å². The van der Waals surface area contributed by atoms with Crippen LogP contribution in [-0.2, 0) is 0 Å². The molecule has 0 spiro atoms. The van der Waals surface area contributed by atoms with Crippen molar-refractivity contribution in [2.24, 2.45) is 4.99 Å². The first-order valence-corrected chi connectivity index (χ1v) is 6.95. The van der Waals surface area contributed by atoms with Gasteiger partial charge in [-0.1, -0.05) is 24.3 Å². The summed E-state index contributed by atoms with van der Waals surface area (Å²) in [5.41, 5.74) is 0.862. The second-order valence-electron chi connectivity index (χ2n) is 4.91. The van der Waals surface area contributed by atoms with Crippen LogP contribution in [0.15, 0.2) is 53.5 Å². The molecule has 3 N–H and O–H groups in total. The maximum absolute atomic E-state index is 11.9. The lowest BCUT2D eigenvalue weighted by Gasteiger charge is -2.09. The molecule has 0 radical (unpaired) electrons. The molecule has 0 heterocycles. The van der Waals surface area contributed by atoms with Crippen LogP contribution < -0.4 is 5.32 Å². The number of nitrogens with one attached hydrogen (secondary N) is 1. The van der Waals surface area contributed by atoms with Gasteiger partial charge in [-0.15, -0.1) is 0 Å². The summed E-state index contributed by atoms with van der Waals surface area (Å²) in [6, 6.07) is 13.1. The van der Waals surface area contributed by atoms with Crippen molar-refractivity contribution in [1.82, 2.24) is 5.32 Å². The third-order valence-corrected chi connectivity index (χ3v) is 3.11. The molecule has 0 aromatic heterocycles. The highest BCUT2D eigenvalue weighted by Gasteiger charge is 2.10. The van der Waals surface area contributed by atoms with Crippen LogP contribution in [0.4, 0.5) is 0 Å². The number of phenols is 2. The second-order valence-corrected chi connectivity index (χ2v) is 4.91. The molecule has 22 heavy (non-hydrogen) atoms. The van der Waals surface area contributed by atoms with Gasteiger partial charge in [-0.25, -0.2) is 0 Å². The Labute approximate surface area is 129 Å². The molecule has 2 rings (SSSR count). The molecule has 1 amide bonds. The molecule has 114 valence electrons. The highest BCUT2D eigenvalue weighted by Crippen LogP contribution is 2.15. The summed E-state index contributed by atoms with van der Waals surface area (Å²) in [7, 11) is 0. The average Bonchev–Trinajstić information content (AvgIpc) is 2.52. The molecule has 5 nitrogen and oxygen atoms in total. The predicted octanol–water partition coefficient (Wildman–Crippen LogP) is 2.34. The summed E-state index contributed by atoms with van der Waals surface area (Å²) in [5.74, 6) is -0.232. The van der Waals surface area contributed by atoms with Gasteiger partial charge in [0, 0.05) is 18.3 Å². The monoisotopic (exact) mass is 298 g/mol. The molecule has 5 heteroatoms. The van der Waals surface area contributed by atoms with Gasteiger partial charge in [-0.05, 0) is 31.2 Å². The number of aliphatic imine (C=N–C) groups is 1. The van der Waals surface area contributed by atoms with Gasteiger partial charge < -0.3 is 15.5 Å². The molecular weight excluding hydrogens is 280 g/mol. The first-order valence-electron chi connectivity index (χ1n) is 6.95. The molecule has 2 aromatic rings. The zero-order valence-electron chi connectivity index (χ0n) is 12.2. The molecule has 0 saturated heterocycles. The standard InChI is InChI=1S/C17H18N2O3/c1-12(18-11-13-6-2-4-8-15(13)20)10-19-17(22)14-7-3-5-9-16(14)21/h2-9,11-12,20-21H,10H2,1H3,(H,19,22). The van der Waals surface area contributed by atoms with Gasteiger partial charge in [0.25, 0.3) is 5.91 Å². The van der Waals surface area contributed by atoms with Crippen LogP contribution in [0.3, 0.4) is 0 Å². The normalized spacial score (nSPS) is 12.2. The fourth-order valence-corrected chi connectivity index (χ4v) is 1.86. The minimum Gasteiger partial charge on any atom is -0.507 e. The van der Waals surface area contributed by atoms with Gasteiger partial charge in [0.1, 0.15) is 11.5 Å². The van der Waals surface area contributed by atoms with Crippen LogP contribution in [0.5, 0.6) is 11.5 Å². The fourth-order valence-electron chi connectivity index (χ4n) is 1.86. The highest BCUT2D eigenvalue weighted by molar-refractivity contribution is 5.96. The topological polar surface area (TPSA) is 81.9 Å². The van der Waals surface area contributed by atoms with E-state index in [0.717, 1.165) is 0 Å². The number of amides is 1. The Morgan fingerprint density at radius 3 is 2.45 bits per heavy atom. The van der Waals surface area contributed by atoms with Crippen LogP contribution in [-0.4, -0.2) is 34.9 Å². The number of carbonyl (C=O) groups excluding carboxylic acids is 1. The number of para-hydroxylation sites is 2.